The number of rotatable bonds is 0. The Balaban J connectivity index is 2.77. The van der Waals surface area contributed by atoms with Crippen LogP contribution in [0.25, 0.3) is 5.65 Å². The van der Waals surface area contributed by atoms with Gasteiger partial charge in [-0.05, 0) is 6.07 Å². The third kappa shape index (κ3) is 1.00. The lowest BCUT2D eigenvalue weighted by molar-refractivity contribution is 0.930. The molecule has 0 saturated carbocycles. The molecule has 0 spiro atoms. The topological polar surface area (TPSA) is 54.0 Å². The molecular formula is C7H3ClN4. The molecule has 0 amide bonds. The molecular weight excluding hydrogens is 176 g/mol. The number of hydrogen-bond acceptors (Lipinski definition) is 3. The van der Waals surface area contributed by atoms with Crippen LogP contribution in [-0.2, 0) is 0 Å². The van der Waals surface area contributed by atoms with E-state index in [9.17, 15) is 0 Å². The molecule has 2 rings (SSSR count). The average Bonchev–Trinajstić information content (AvgIpc) is 2.46. The predicted octanol–water partition coefficient (Wildman–Crippen LogP) is 1.25. The van der Waals surface area contributed by atoms with Crippen molar-refractivity contribution in [3.05, 3.63) is 29.2 Å². The van der Waals surface area contributed by atoms with Gasteiger partial charge in [0.2, 0.25) is 0 Å². The van der Waals surface area contributed by atoms with Gasteiger partial charge in [0, 0.05) is 12.3 Å². The molecule has 0 atom stereocenters. The molecule has 0 aromatic carbocycles. The Bertz CT molecular complexity index is 468. The number of fused-ring (bicyclic) bond motifs is 1. The molecule has 2 aromatic heterocycles. The highest BCUT2D eigenvalue weighted by Crippen LogP contribution is 2.07. The molecule has 0 fully saturated rings. The fraction of sp³-hybridized carbons (Fsp3) is 0. The number of nitriles is 1. The fourth-order valence-corrected chi connectivity index (χ4v) is 1.05. The van der Waals surface area contributed by atoms with Gasteiger partial charge in [-0.15, -0.1) is 0 Å². The van der Waals surface area contributed by atoms with E-state index in [4.69, 9.17) is 16.9 Å². The zero-order chi connectivity index (χ0) is 8.55. The van der Waals surface area contributed by atoms with E-state index in [1.54, 1.807) is 18.3 Å². The summed E-state index contributed by atoms with van der Waals surface area (Å²) in [7, 11) is 0. The first-order valence-corrected chi connectivity index (χ1v) is 3.59. The monoisotopic (exact) mass is 178 g/mol. The summed E-state index contributed by atoms with van der Waals surface area (Å²) in [5, 5.41) is 12.8. The van der Waals surface area contributed by atoms with Crippen molar-refractivity contribution in [2.75, 3.05) is 0 Å². The first-order chi connectivity index (χ1) is 5.79. The van der Waals surface area contributed by atoms with Gasteiger partial charge in [-0.2, -0.15) is 10.4 Å². The van der Waals surface area contributed by atoms with Crippen molar-refractivity contribution in [1.82, 2.24) is 14.6 Å². The minimum Gasteiger partial charge on any atom is -0.221 e. The largest absolute Gasteiger partial charge is 0.221 e. The third-order valence-corrected chi connectivity index (χ3v) is 1.62. The van der Waals surface area contributed by atoms with Crippen molar-refractivity contribution in [3.8, 4) is 6.07 Å². The maximum Gasteiger partial charge on any atom is 0.165 e. The van der Waals surface area contributed by atoms with E-state index in [0.29, 0.717) is 16.5 Å². The normalized spacial score (nSPS) is 10.0. The van der Waals surface area contributed by atoms with Gasteiger partial charge in [-0.1, -0.05) is 11.6 Å². The average molecular weight is 179 g/mol. The van der Waals surface area contributed by atoms with Crippen LogP contribution in [0.2, 0.25) is 5.15 Å². The summed E-state index contributed by atoms with van der Waals surface area (Å²) < 4.78 is 1.50. The molecule has 0 aliphatic rings. The van der Waals surface area contributed by atoms with Gasteiger partial charge in [0.05, 0.1) is 0 Å². The van der Waals surface area contributed by atoms with E-state index in [1.807, 2.05) is 6.07 Å². The van der Waals surface area contributed by atoms with Gasteiger partial charge in [0.1, 0.15) is 11.2 Å². The Labute approximate surface area is 73.0 Å². The summed E-state index contributed by atoms with van der Waals surface area (Å²) in [5.41, 5.74) is 0.920. The fourth-order valence-electron chi connectivity index (χ4n) is 0.911. The zero-order valence-electron chi connectivity index (χ0n) is 5.90. The van der Waals surface area contributed by atoms with Crippen LogP contribution in [0.1, 0.15) is 5.69 Å². The maximum absolute atomic E-state index is 8.52. The van der Waals surface area contributed by atoms with Crippen LogP contribution in [0.4, 0.5) is 0 Å². The Kier molecular flexibility index (Phi) is 1.45. The maximum atomic E-state index is 8.52. The Morgan fingerprint density at radius 2 is 2.42 bits per heavy atom. The highest BCUT2D eigenvalue weighted by atomic mass is 35.5. The smallest absolute Gasteiger partial charge is 0.165 e. The van der Waals surface area contributed by atoms with Crippen molar-refractivity contribution in [1.29, 1.82) is 5.26 Å². The zero-order valence-corrected chi connectivity index (χ0v) is 6.65. The molecule has 12 heavy (non-hydrogen) atoms. The van der Waals surface area contributed by atoms with Crippen molar-refractivity contribution < 1.29 is 0 Å². The third-order valence-electron chi connectivity index (χ3n) is 1.41. The quantitative estimate of drug-likeness (QED) is 0.571. The van der Waals surface area contributed by atoms with E-state index >= 15 is 0 Å². The van der Waals surface area contributed by atoms with Gasteiger partial charge in [0.15, 0.2) is 11.3 Å². The van der Waals surface area contributed by atoms with Gasteiger partial charge < -0.3 is 0 Å². The Morgan fingerprint density at radius 3 is 3.17 bits per heavy atom. The van der Waals surface area contributed by atoms with Crippen LogP contribution in [0, 0.1) is 11.3 Å². The van der Waals surface area contributed by atoms with E-state index in [2.05, 4.69) is 10.1 Å². The van der Waals surface area contributed by atoms with Crippen LogP contribution in [0.5, 0.6) is 0 Å². The summed E-state index contributed by atoms with van der Waals surface area (Å²) >= 11 is 5.64. The van der Waals surface area contributed by atoms with Crippen molar-refractivity contribution in [3.63, 3.8) is 0 Å². The molecule has 0 unspecified atom stereocenters. The van der Waals surface area contributed by atoms with Crippen LogP contribution in [-0.4, -0.2) is 14.6 Å². The molecule has 0 N–H and O–H groups in total. The van der Waals surface area contributed by atoms with Gasteiger partial charge in [0.25, 0.3) is 0 Å². The minimum absolute atomic E-state index is 0.338. The second-order valence-corrected chi connectivity index (χ2v) is 2.58. The molecule has 5 heteroatoms. The first kappa shape index (κ1) is 7.07. The van der Waals surface area contributed by atoms with E-state index in [-0.39, 0.29) is 0 Å². The van der Waals surface area contributed by atoms with Crippen molar-refractivity contribution >= 4 is 17.2 Å². The molecule has 4 nitrogen and oxygen atoms in total. The first-order valence-electron chi connectivity index (χ1n) is 3.21. The van der Waals surface area contributed by atoms with Crippen LogP contribution < -0.4 is 0 Å². The lowest BCUT2D eigenvalue weighted by Gasteiger charge is -1.89. The second-order valence-electron chi connectivity index (χ2n) is 2.19. The molecule has 0 aliphatic carbocycles. The SMILES string of the molecule is N#Cc1cc2nc(Cl)ccn2n1. The highest BCUT2D eigenvalue weighted by Gasteiger charge is 2.00. The van der Waals surface area contributed by atoms with E-state index < -0.39 is 0 Å². The van der Waals surface area contributed by atoms with E-state index in [1.165, 1.54) is 4.52 Å². The molecule has 2 aromatic rings. The van der Waals surface area contributed by atoms with Gasteiger partial charge in [-0.25, -0.2) is 9.50 Å². The molecule has 0 radical (unpaired) electrons. The summed E-state index contributed by atoms with van der Waals surface area (Å²) in [6.45, 7) is 0. The van der Waals surface area contributed by atoms with Crippen LogP contribution in [0.3, 0.4) is 0 Å². The Morgan fingerprint density at radius 1 is 1.58 bits per heavy atom. The summed E-state index contributed by atoms with van der Waals surface area (Å²) in [6, 6.07) is 5.11. The summed E-state index contributed by atoms with van der Waals surface area (Å²) in [4.78, 5) is 3.96. The molecule has 0 aliphatic heterocycles. The number of aromatic nitrogens is 3. The minimum atomic E-state index is 0.338. The van der Waals surface area contributed by atoms with Crippen molar-refractivity contribution in [2.45, 2.75) is 0 Å². The number of hydrogen-bond donors (Lipinski definition) is 0. The van der Waals surface area contributed by atoms with Crippen LogP contribution in [0.15, 0.2) is 18.3 Å². The highest BCUT2D eigenvalue weighted by molar-refractivity contribution is 6.29. The number of nitrogens with zero attached hydrogens (tertiary/aromatic N) is 4. The van der Waals surface area contributed by atoms with Crippen molar-refractivity contribution in [2.24, 2.45) is 0 Å². The molecule has 0 saturated heterocycles. The van der Waals surface area contributed by atoms with Gasteiger partial charge in [-0.3, -0.25) is 0 Å². The Hall–Kier alpha value is -1.60. The summed E-state index contributed by atoms with van der Waals surface area (Å²) in [6.07, 6.45) is 1.66. The molecule has 2 heterocycles. The predicted molar refractivity (Wildman–Crippen MR) is 42.7 cm³/mol. The van der Waals surface area contributed by atoms with Crippen LogP contribution >= 0.6 is 11.6 Å². The van der Waals surface area contributed by atoms with E-state index in [0.717, 1.165) is 0 Å². The molecule has 0 bridgehead atoms. The second kappa shape index (κ2) is 2.47. The standard InChI is InChI=1S/C7H3ClN4/c8-6-1-2-12-7(10-6)3-5(4-9)11-12/h1-3H. The number of halogens is 1. The molecule has 58 valence electrons. The van der Waals surface area contributed by atoms with Gasteiger partial charge >= 0.3 is 0 Å². The summed E-state index contributed by atoms with van der Waals surface area (Å²) in [5.74, 6) is 0. The lowest BCUT2D eigenvalue weighted by Crippen LogP contribution is -1.88. The lowest BCUT2D eigenvalue weighted by atomic mass is 10.5.